The number of hydrogen-bond acceptors (Lipinski definition) is 5. The van der Waals surface area contributed by atoms with Gasteiger partial charge < -0.3 is 9.64 Å². The molecule has 0 bridgehead atoms. The minimum Gasteiger partial charge on any atom is -0.464 e. The van der Waals surface area contributed by atoms with Crippen LogP contribution in [0.1, 0.15) is 43.2 Å². The molecule has 2 aliphatic heterocycles. The van der Waals surface area contributed by atoms with Gasteiger partial charge in [-0.05, 0) is 30.0 Å². The quantitative estimate of drug-likeness (QED) is 0.606. The van der Waals surface area contributed by atoms with Crippen LogP contribution in [-0.2, 0) is 14.3 Å². The topological polar surface area (TPSA) is 53.1 Å². The number of anilines is 1. The van der Waals surface area contributed by atoms with Gasteiger partial charge >= 0.3 is 5.97 Å². The summed E-state index contributed by atoms with van der Waals surface area (Å²) in [4.78, 5) is 31.3. The maximum Gasteiger partial charge on any atom is 0.305 e. The van der Waals surface area contributed by atoms with Crippen molar-refractivity contribution in [3.63, 3.8) is 0 Å². The molecule has 1 amide bonds. The molecule has 2 aromatic rings. The Morgan fingerprint density at radius 1 is 0.909 bits per heavy atom. The minimum atomic E-state index is -0.147. The van der Waals surface area contributed by atoms with Crippen LogP contribution in [0.4, 0.5) is 5.69 Å². The third kappa shape index (κ3) is 6.01. The molecule has 1 unspecified atom stereocenters. The van der Waals surface area contributed by atoms with Gasteiger partial charge in [0.25, 0.3) is 0 Å². The second kappa shape index (κ2) is 11.4. The number of hydrogen-bond donors (Lipinski definition) is 0. The number of fused-ring (bicyclic) bond motifs is 1. The lowest BCUT2D eigenvalue weighted by Crippen LogP contribution is -2.50. The van der Waals surface area contributed by atoms with Gasteiger partial charge in [-0.25, -0.2) is 0 Å². The monoisotopic (exact) mass is 449 g/mol. The first-order chi connectivity index (χ1) is 16.2. The number of ether oxygens (including phenoxy) is 1. The van der Waals surface area contributed by atoms with E-state index in [1.807, 2.05) is 17.9 Å². The number of piperazine rings is 1. The van der Waals surface area contributed by atoms with Crippen molar-refractivity contribution in [2.75, 3.05) is 57.3 Å². The molecular weight excluding hydrogens is 414 g/mol. The molecule has 0 spiro atoms. The second-order valence-electron chi connectivity index (χ2n) is 8.90. The Labute approximate surface area is 197 Å². The van der Waals surface area contributed by atoms with Gasteiger partial charge in [-0.2, -0.15) is 0 Å². The van der Waals surface area contributed by atoms with Crippen molar-refractivity contribution >= 4 is 17.6 Å². The highest BCUT2D eigenvalue weighted by molar-refractivity contribution is 5.96. The molecule has 2 aromatic carbocycles. The molecule has 6 heteroatoms. The van der Waals surface area contributed by atoms with E-state index in [-0.39, 0.29) is 11.9 Å². The SMILES string of the molecule is CCC(=O)OCCN1CCN(CC(=O)N2CCCC(c3ccccc3)c3ccccc32)CC1. The van der Waals surface area contributed by atoms with Crippen LogP contribution in [0.25, 0.3) is 0 Å². The van der Waals surface area contributed by atoms with Crippen LogP contribution in [0, 0.1) is 0 Å². The van der Waals surface area contributed by atoms with Crippen LogP contribution in [0.2, 0.25) is 0 Å². The maximum absolute atomic E-state index is 13.4. The Morgan fingerprint density at radius 3 is 2.36 bits per heavy atom. The van der Waals surface area contributed by atoms with E-state index in [2.05, 4.69) is 58.3 Å². The van der Waals surface area contributed by atoms with Crippen LogP contribution in [0.3, 0.4) is 0 Å². The van der Waals surface area contributed by atoms with Crippen molar-refractivity contribution in [3.05, 3.63) is 65.7 Å². The van der Waals surface area contributed by atoms with E-state index in [1.54, 1.807) is 0 Å². The average Bonchev–Trinajstić information content (AvgIpc) is 3.05. The van der Waals surface area contributed by atoms with Crippen LogP contribution in [0.15, 0.2) is 54.6 Å². The molecule has 0 aliphatic carbocycles. The van der Waals surface area contributed by atoms with E-state index in [0.29, 0.717) is 25.5 Å². The molecule has 0 N–H and O–H groups in total. The summed E-state index contributed by atoms with van der Waals surface area (Å²) in [6, 6.07) is 19.0. The van der Waals surface area contributed by atoms with Gasteiger partial charge in [0, 0.05) is 57.3 Å². The lowest BCUT2D eigenvalue weighted by Gasteiger charge is -2.35. The van der Waals surface area contributed by atoms with Gasteiger partial charge in [-0.3, -0.25) is 19.4 Å². The summed E-state index contributed by atoms with van der Waals surface area (Å²) in [6.45, 7) is 7.72. The fourth-order valence-electron chi connectivity index (χ4n) is 4.89. The zero-order valence-corrected chi connectivity index (χ0v) is 19.6. The number of benzene rings is 2. The first-order valence-electron chi connectivity index (χ1n) is 12.2. The number of nitrogens with zero attached hydrogens (tertiary/aromatic N) is 3. The first-order valence-corrected chi connectivity index (χ1v) is 12.2. The van der Waals surface area contributed by atoms with Gasteiger partial charge in [0.1, 0.15) is 6.61 Å². The summed E-state index contributed by atoms with van der Waals surface area (Å²) in [5, 5.41) is 0. The van der Waals surface area contributed by atoms with Crippen molar-refractivity contribution in [3.8, 4) is 0 Å². The van der Waals surface area contributed by atoms with E-state index in [0.717, 1.165) is 57.8 Å². The van der Waals surface area contributed by atoms with Crippen molar-refractivity contribution in [1.29, 1.82) is 0 Å². The Hall–Kier alpha value is -2.70. The predicted molar refractivity (Wildman–Crippen MR) is 130 cm³/mol. The standard InChI is InChI=1S/C27H35N3O3/c1-2-27(32)33-20-19-28-15-17-29(18-16-28)21-26(31)30-14-8-12-23(22-9-4-3-5-10-22)24-11-6-7-13-25(24)30/h3-7,9-11,13,23H,2,8,12,14-21H2,1H3. The molecule has 33 heavy (non-hydrogen) atoms. The van der Waals surface area contributed by atoms with Crippen molar-refractivity contribution in [2.45, 2.75) is 32.1 Å². The predicted octanol–water partition coefficient (Wildman–Crippen LogP) is 3.52. The molecule has 6 nitrogen and oxygen atoms in total. The Kier molecular flexibility index (Phi) is 8.13. The first kappa shape index (κ1) is 23.5. The van der Waals surface area contributed by atoms with Gasteiger partial charge in [0.15, 0.2) is 0 Å². The molecular formula is C27H35N3O3. The molecule has 1 atom stereocenters. The van der Waals surface area contributed by atoms with Crippen LogP contribution in [0.5, 0.6) is 0 Å². The number of rotatable bonds is 7. The summed E-state index contributed by atoms with van der Waals surface area (Å²) in [6.07, 6.45) is 2.46. The van der Waals surface area contributed by atoms with E-state index < -0.39 is 0 Å². The zero-order chi connectivity index (χ0) is 23.0. The smallest absolute Gasteiger partial charge is 0.305 e. The zero-order valence-electron chi connectivity index (χ0n) is 19.6. The summed E-state index contributed by atoms with van der Waals surface area (Å²) >= 11 is 0. The van der Waals surface area contributed by atoms with Gasteiger partial charge in [-0.15, -0.1) is 0 Å². The summed E-state index contributed by atoms with van der Waals surface area (Å²) in [5.41, 5.74) is 3.63. The average molecular weight is 450 g/mol. The highest BCUT2D eigenvalue weighted by atomic mass is 16.5. The second-order valence-corrected chi connectivity index (χ2v) is 8.90. The fraction of sp³-hybridized carbons (Fsp3) is 0.481. The summed E-state index contributed by atoms with van der Waals surface area (Å²) in [7, 11) is 0. The van der Waals surface area contributed by atoms with Crippen LogP contribution < -0.4 is 4.90 Å². The van der Waals surface area contributed by atoms with Gasteiger partial charge in [0.05, 0.1) is 6.54 Å². The molecule has 2 aliphatic rings. The number of para-hydroxylation sites is 1. The molecule has 176 valence electrons. The summed E-state index contributed by atoms with van der Waals surface area (Å²) < 4.78 is 5.20. The van der Waals surface area contributed by atoms with Gasteiger partial charge in [0.2, 0.25) is 5.91 Å². The normalized spacial score (nSPS) is 19.5. The minimum absolute atomic E-state index is 0.147. The maximum atomic E-state index is 13.4. The molecule has 2 heterocycles. The number of carbonyl (C=O) groups is 2. The van der Waals surface area contributed by atoms with Gasteiger partial charge in [-0.1, -0.05) is 55.5 Å². The van der Waals surface area contributed by atoms with Crippen molar-refractivity contribution in [1.82, 2.24) is 9.80 Å². The van der Waals surface area contributed by atoms with Crippen LogP contribution >= 0.6 is 0 Å². The molecule has 1 saturated heterocycles. The molecule has 1 fully saturated rings. The molecule has 0 saturated carbocycles. The molecule has 0 aromatic heterocycles. The van der Waals surface area contributed by atoms with E-state index in [9.17, 15) is 9.59 Å². The number of carbonyl (C=O) groups excluding carboxylic acids is 2. The summed E-state index contributed by atoms with van der Waals surface area (Å²) in [5.74, 6) is 0.360. The third-order valence-corrected chi connectivity index (χ3v) is 6.76. The van der Waals surface area contributed by atoms with E-state index in [4.69, 9.17) is 4.74 Å². The lowest BCUT2D eigenvalue weighted by molar-refractivity contribution is -0.143. The molecule has 4 rings (SSSR count). The highest BCUT2D eigenvalue weighted by Gasteiger charge is 2.28. The Balaban J connectivity index is 1.36. The number of amides is 1. The van der Waals surface area contributed by atoms with Crippen molar-refractivity contribution < 1.29 is 14.3 Å². The van der Waals surface area contributed by atoms with E-state index >= 15 is 0 Å². The van der Waals surface area contributed by atoms with Crippen molar-refractivity contribution in [2.24, 2.45) is 0 Å². The Bertz CT molecular complexity index is 925. The largest absolute Gasteiger partial charge is 0.464 e. The highest BCUT2D eigenvalue weighted by Crippen LogP contribution is 2.38. The lowest BCUT2D eigenvalue weighted by atomic mass is 9.87. The fourth-order valence-corrected chi connectivity index (χ4v) is 4.89. The molecule has 0 radical (unpaired) electrons. The van der Waals surface area contributed by atoms with E-state index in [1.165, 1.54) is 11.1 Å². The third-order valence-electron chi connectivity index (χ3n) is 6.76. The number of esters is 1. The van der Waals surface area contributed by atoms with Crippen LogP contribution in [-0.4, -0.2) is 74.1 Å². The Morgan fingerprint density at radius 2 is 1.61 bits per heavy atom.